The number of hydrazine groups is 1. The maximum atomic E-state index is 12.8. The second-order valence-electron chi connectivity index (χ2n) is 31.7. The van der Waals surface area contributed by atoms with Crippen LogP contribution in [-0.2, 0) is 18.9 Å². The number of piperidine rings is 1. The molecule has 0 aromatic carbocycles. The van der Waals surface area contributed by atoms with Gasteiger partial charge < -0.3 is 45.9 Å². The molecule has 5 saturated heterocycles. The van der Waals surface area contributed by atoms with Crippen LogP contribution in [0.5, 0.6) is 0 Å². The fraction of sp³-hybridized carbons (Fsp3) is 0.985. The van der Waals surface area contributed by atoms with E-state index in [0.29, 0.717) is 87.4 Å². The Morgan fingerprint density at radius 3 is 1.45 bits per heavy atom. The standard InChI is InChI=1S/C33H55N3O4.C27H45NO2.C6H13NO.I2/c1-20-7-14-33(39-19-20)21(2)29-28(40-33)18-27-25-6-5-22-17-23(34-30(38)35-36-15-10-24(37)11-16-36)8-12-31(22,3)26(25)9-13-32(27,29)4;1-16-7-12-27(29-15-16)17(2)24-23(30-27)14-22-20-6-5-18-13-19(28)8-10-25(18,3)21(20)9-11-26(22,24)4;7-5-1-3-6(8)4-2-5;1-2/h20-29,37H,5-19H2,1-4H3,(H2,34,35,38);16-24H,5-15,28H2,1-4H3;5-6,8H,1-4,7H2;/t20-,21-,22+,23+,25+,26-,27-,28-,29-,31-,32-,33+;16-,17-,18+,19+,20+,21-,22-,23-,24-,25-,26-,27+;;/m00../s1. The molecule has 9 aliphatic carbocycles. The van der Waals surface area contributed by atoms with Gasteiger partial charge in [0.1, 0.15) is 0 Å². The number of urea groups is 1. The molecule has 80 heavy (non-hydrogen) atoms. The van der Waals surface area contributed by atoms with Crippen LogP contribution in [-0.4, -0.2) is 102 Å². The number of ether oxygens (including phenoxy) is 4. The zero-order valence-electron chi connectivity index (χ0n) is 51.1. The number of aliphatic hydroxyl groups excluding tert-OH is 2. The maximum Gasteiger partial charge on any atom is 0.329 e. The number of hydrogen-bond acceptors (Lipinski definition) is 10. The molecule has 0 unspecified atom stereocenters. The highest BCUT2D eigenvalue weighted by molar-refractivity contribution is 15.0. The van der Waals surface area contributed by atoms with Gasteiger partial charge in [0, 0.05) is 93.1 Å². The Hall–Kier alpha value is 0.370. The van der Waals surface area contributed by atoms with E-state index in [2.05, 4.69) is 103 Å². The van der Waals surface area contributed by atoms with Crippen molar-refractivity contribution in [1.29, 1.82) is 0 Å². The second-order valence-corrected chi connectivity index (χ2v) is 31.7. The van der Waals surface area contributed by atoms with Gasteiger partial charge in [-0.15, -0.1) is 0 Å². The number of halogens is 2. The van der Waals surface area contributed by atoms with Crippen LogP contribution in [0.25, 0.3) is 0 Å². The molecule has 2 spiro atoms. The molecule has 14 fully saturated rings. The normalized spacial score (nSPS) is 53.9. The molecule has 0 radical (unpaired) electrons. The molecule has 5 aliphatic heterocycles. The predicted octanol–water partition coefficient (Wildman–Crippen LogP) is 13.3. The molecule has 0 aromatic heterocycles. The molecule has 14 heteroatoms. The summed E-state index contributed by atoms with van der Waals surface area (Å²) in [7, 11) is 0. The lowest BCUT2D eigenvalue weighted by Gasteiger charge is -2.61. The second kappa shape index (κ2) is 24.4. The fourth-order valence-electron chi connectivity index (χ4n) is 23.2. The average Bonchev–Trinajstić information content (AvgIpc) is 3.81. The molecule has 8 N–H and O–H groups in total. The molecule has 2 amide bonds. The lowest BCUT2D eigenvalue weighted by Crippen LogP contribution is -2.57. The Labute approximate surface area is 508 Å². The van der Waals surface area contributed by atoms with Gasteiger partial charge in [0.25, 0.3) is 0 Å². The first kappa shape index (κ1) is 62.0. The van der Waals surface area contributed by atoms with Crippen LogP contribution in [0.3, 0.4) is 0 Å². The third-order valence-electron chi connectivity index (χ3n) is 27.7. The summed E-state index contributed by atoms with van der Waals surface area (Å²) in [5, 5.41) is 24.0. The van der Waals surface area contributed by atoms with E-state index in [1.807, 2.05) is 5.01 Å². The van der Waals surface area contributed by atoms with Gasteiger partial charge >= 0.3 is 6.03 Å². The zero-order chi connectivity index (χ0) is 56.7. The number of amides is 2. The van der Waals surface area contributed by atoms with Crippen molar-refractivity contribution >= 4 is 43.3 Å². The van der Waals surface area contributed by atoms with Gasteiger partial charge in [0.05, 0.1) is 37.6 Å². The predicted molar refractivity (Wildman–Crippen MR) is 334 cm³/mol. The summed E-state index contributed by atoms with van der Waals surface area (Å²) >= 11 is 4.24. The van der Waals surface area contributed by atoms with Gasteiger partial charge in [-0.05, 0) is 247 Å². The van der Waals surface area contributed by atoms with E-state index >= 15 is 0 Å². The number of carbonyl (C=O) groups excluding carboxylic acids is 1. The number of rotatable bonds is 2. The van der Waals surface area contributed by atoms with E-state index in [0.717, 1.165) is 132 Å². The van der Waals surface area contributed by atoms with Crippen LogP contribution in [0.4, 0.5) is 4.79 Å². The van der Waals surface area contributed by atoms with Crippen LogP contribution in [0, 0.1) is 105 Å². The van der Waals surface area contributed by atoms with Crippen LogP contribution in [0.2, 0.25) is 0 Å². The van der Waals surface area contributed by atoms with Crippen molar-refractivity contribution in [1.82, 2.24) is 15.8 Å². The minimum absolute atomic E-state index is 0.0604. The Kier molecular flexibility index (Phi) is 18.9. The van der Waals surface area contributed by atoms with E-state index in [-0.39, 0.29) is 35.9 Å². The van der Waals surface area contributed by atoms with Gasteiger partial charge in [0.15, 0.2) is 11.6 Å². The molecule has 0 aromatic rings. The molecule has 12 nitrogen and oxygen atoms in total. The van der Waals surface area contributed by atoms with E-state index in [1.54, 1.807) is 0 Å². The van der Waals surface area contributed by atoms with E-state index in [4.69, 9.17) is 35.5 Å². The Morgan fingerprint density at radius 1 is 0.512 bits per heavy atom. The number of carbonyl (C=O) groups is 1. The first-order valence-corrected chi connectivity index (χ1v) is 39.9. The van der Waals surface area contributed by atoms with E-state index in [1.165, 1.54) is 103 Å². The van der Waals surface area contributed by atoms with Crippen molar-refractivity contribution in [3.8, 4) is 0 Å². The Balaban J connectivity index is 0.000000148. The number of nitrogens with zero attached hydrogens (tertiary/aromatic N) is 1. The number of nitrogens with two attached hydrogens (primary N) is 2. The first-order chi connectivity index (χ1) is 38.2. The summed E-state index contributed by atoms with van der Waals surface area (Å²) in [5.41, 5.74) is 16.8. The van der Waals surface area contributed by atoms with Gasteiger partial charge in [-0.2, -0.15) is 0 Å². The van der Waals surface area contributed by atoms with Crippen molar-refractivity contribution in [2.45, 2.75) is 276 Å². The third-order valence-corrected chi connectivity index (χ3v) is 27.7. The summed E-state index contributed by atoms with van der Waals surface area (Å²) in [6.45, 7) is 23.3. The molecule has 458 valence electrons. The van der Waals surface area contributed by atoms with Crippen molar-refractivity contribution in [2.24, 2.45) is 116 Å². The summed E-state index contributed by atoms with van der Waals surface area (Å²) in [5.74, 6) is 9.84. The molecular weight excluding hydrogens is 1230 g/mol. The van der Waals surface area contributed by atoms with Gasteiger partial charge in [-0.1, -0.05) is 55.4 Å². The maximum absolute atomic E-state index is 12.8. The highest BCUT2D eigenvalue weighted by Crippen LogP contribution is 2.73. The minimum Gasteiger partial charge on any atom is -0.393 e. The lowest BCUT2D eigenvalue weighted by atomic mass is 9.44. The monoisotopic (exact) mass is 1340 g/mol. The zero-order valence-corrected chi connectivity index (χ0v) is 55.4. The van der Waals surface area contributed by atoms with Gasteiger partial charge in [-0.25, -0.2) is 9.80 Å². The van der Waals surface area contributed by atoms with E-state index < -0.39 is 0 Å². The number of aliphatic hydroxyl groups is 2. The molecule has 9 saturated carbocycles. The SMILES string of the molecule is C[C@H]1CC[C@@]2(OC1)O[C@H]1C[C@H]3[C@@H]4CC[C@@H]5C[C@H](N)CC[C@]5(C)[C@H]4CC[C@]3(C)[C@H]1[C@@H]2C.C[C@H]1CC[C@@]2(OC1)O[C@H]1C[C@H]3[C@@H]4CC[C@@H]5C[C@H](NC(=O)NN6CCC(O)CC6)CC[C@]5(C)[C@H]4CC[C@]3(C)[C@H]1[C@@H]2C.II.NC1CCC(O)CC1. The molecular formula is C66H113I2N5O7. The number of hydrogen-bond donors (Lipinski definition) is 6. The lowest BCUT2D eigenvalue weighted by molar-refractivity contribution is -0.273. The van der Waals surface area contributed by atoms with Crippen molar-refractivity contribution in [3.63, 3.8) is 0 Å². The summed E-state index contributed by atoms with van der Waals surface area (Å²) < 4.78 is 26.9. The molecule has 14 aliphatic rings. The smallest absolute Gasteiger partial charge is 0.329 e. The van der Waals surface area contributed by atoms with Crippen molar-refractivity contribution in [2.75, 3.05) is 26.3 Å². The van der Waals surface area contributed by atoms with Crippen LogP contribution in [0.15, 0.2) is 0 Å². The fourth-order valence-corrected chi connectivity index (χ4v) is 23.2. The highest BCUT2D eigenvalue weighted by atomic mass is 128. The van der Waals surface area contributed by atoms with Gasteiger partial charge in [0.2, 0.25) is 0 Å². The number of nitrogens with one attached hydrogen (secondary N) is 2. The van der Waals surface area contributed by atoms with Crippen molar-refractivity contribution < 1.29 is 34.0 Å². The summed E-state index contributed by atoms with van der Waals surface area (Å²) in [4.78, 5) is 12.8. The Morgan fingerprint density at radius 2 is 0.975 bits per heavy atom. The Bertz CT molecular complexity index is 2090. The van der Waals surface area contributed by atoms with Crippen molar-refractivity contribution in [3.05, 3.63) is 0 Å². The number of fused-ring (bicyclic) bond motifs is 14. The minimum atomic E-state index is -0.316. The first-order valence-electron chi connectivity index (χ1n) is 33.6. The van der Waals surface area contributed by atoms with Gasteiger partial charge in [-0.3, -0.25) is 5.43 Å². The van der Waals surface area contributed by atoms with E-state index in [9.17, 15) is 9.90 Å². The third kappa shape index (κ3) is 11.2. The van der Waals surface area contributed by atoms with Crippen LogP contribution in [0.1, 0.15) is 222 Å². The quantitative estimate of drug-likeness (QED) is 0.146. The molecule has 0 bridgehead atoms. The topological polar surface area (TPSA) is 174 Å². The molecule has 24 atom stereocenters. The van der Waals surface area contributed by atoms with Crippen LogP contribution >= 0.6 is 37.2 Å². The molecule has 5 heterocycles. The summed E-state index contributed by atoms with van der Waals surface area (Å²) in [6.07, 6.45) is 31.5. The average molecular weight is 1340 g/mol. The van der Waals surface area contributed by atoms with Crippen LogP contribution < -0.4 is 22.2 Å². The molecule has 14 rings (SSSR count). The highest BCUT2D eigenvalue weighted by Gasteiger charge is 2.71. The summed E-state index contributed by atoms with van der Waals surface area (Å²) in [6, 6.07) is 1.03. The largest absolute Gasteiger partial charge is 0.393 e.